The fraction of sp³-hybridized carbons (Fsp3) is 0.429. The van der Waals surface area contributed by atoms with Gasteiger partial charge < -0.3 is 24.8 Å². The van der Waals surface area contributed by atoms with E-state index in [1.807, 2.05) is 18.2 Å². The molecule has 1 aliphatic rings. The van der Waals surface area contributed by atoms with Gasteiger partial charge in [-0.2, -0.15) is 5.10 Å². The highest BCUT2D eigenvalue weighted by Crippen LogP contribution is 2.34. The van der Waals surface area contributed by atoms with E-state index in [9.17, 15) is 4.79 Å². The maximum Gasteiger partial charge on any atom is 0.404 e. The first kappa shape index (κ1) is 20.9. The summed E-state index contributed by atoms with van der Waals surface area (Å²) in [5, 5.41) is 18.9. The molecule has 1 saturated heterocycles. The van der Waals surface area contributed by atoms with Crippen LogP contribution in [0.1, 0.15) is 19.8 Å². The quantitative estimate of drug-likeness (QED) is 0.470. The second kappa shape index (κ2) is 9.61. The van der Waals surface area contributed by atoms with E-state index in [4.69, 9.17) is 19.6 Å². The lowest BCUT2D eigenvalue weighted by molar-refractivity contribution is 0.0985. The van der Waals surface area contributed by atoms with Crippen molar-refractivity contribution in [2.45, 2.75) is 25.8 Å². The van der Waals surface area contributed by atoms with Crippen LogP contribution in [0.2, 0.25) is 0 Å². The number of H-pyrrole nitrogens is 1. The maximum absolute atomic E-state index is 10.6. The Kier molecular flexibility index (Phi) is 6.46. The monoisotopic (exact) mass is 426 g/mol. The molecular weight excluding hydrogens is 400 g/mol. The standard InChI is InChI=1S/C21H26N6O4/c1-14-13-30-11-9-27(14)18-12-17(31-10-3-2-6-23-21(28)29)15-4-7-22-20(19(15)25-18)16-5-8-24-26-16/h4-5,7-8,12,14,23H,2-3,6,9-11,13H2,1H3,(H,24,26)(H,28,29)/t14-/m1/s1. The molecule has 0 radical (unpaired) electrons. The van der Waals surface area contributed by atoms with Crippen LogP contribution in [0.3, 0.4) is 0 Å². The molecule has 1 aliphatic heterocycles. The molecule has 0 saturated carbocycles. The predicted octanol–water partition coefficient (Wildman–Crippen LogP) is 2.67. The number of anilines is 1. The third kappa shape index (κ3) is 4.85. The minimum Gasteiger partial charge on any atom is -0.493 e. The van der Waals surface area contributed by atoms with Crippen molar-refractivity contribution in [3.8, 4) is 17.1 Å². The van der Waals surface area contributed by atoms with Gasteiger partial charge in [0.2, 0.25) is 0 Å². The molecule has 0 spiro atoms. The minimum absolute atomic E-state index is 0.195. The minimum atomic E-state index is -1.01. The number of aromatic amines is 1. The number of carbonyl (C=O) groups is 1. The smallest absolute Gasteiger partial charge is 0.404 e. The molecule has 10 nitrogen and oxygen atoms in total. The van der Waals surface area contributed by atoms with E-state index >= 15 is 0 Å². The zero-order chi connectivity index (χ0) is 21.6. The van der Waals surface area contributed by atoms with Gasteiger partial charge in [0.05, 0.1) is 31.6 Å². The molecule has 0 unspecified atom stereocenters. The molecule has 31 heavy (non-hydrogen) atoms. The Hall–Kier alpha value is -3.40. The van der Waals surface area contributed by atoms with Gasteiger partial charge in [-0.15, -0.1) is 0 Å². The Bertz CT molecular complexity index is 1030. The van der Waals surface area contributed by atoms with Crippen LogP contribution in [-0.2, 0) is 4.74 Å². The number of amides is 1. The van der Waals surface area contributed by atoms with Crippen molar-refractivity contribution < 1.29 is 19.4 Å². The molecule has 3 aromatic heterocycles. The van der Waals surface area contributed by atoms with E-state index < -0.39 is 6.09 Å². The lowest BCUT2D eigenvalue weighted by atomic mass is 10.1. The summed E-state index contributed by atoms with van der Waals surface area (Å²) in [7, 11) is 0. The van der Waals surface area contributed by atoms with Crippen LogP contribution >= 0.6 is 0 Å². The summed E-state index contributed by atoms with van der Waals surface area (Å²) < 4.78 is 11.7. The van der Waals surface area contributed by atoms with E-state index in [1.54, 1.807) is 12.4 Å². The van der Waals surface area contributed by atoms with Gasteiger partial charge in [-0.3, -0.25) is 10.1 Å². The number of unbranched alkanes of at least 4 members (excludes halogenated alkanes) is 1. The third-order valence-corrected chi connectivity index (χ3v) is 5.20. The van der Waals surface area contributed by atoms with Gasteiger partial charge in [0.15, 0.2) is 0 Å². The third-order valence-electron chi connectivity index (χ3n) is 5.20. The normalized spacial score (nSPS) is 16.4. The molecule has 0 aliphatic carbocycles. The molecule has 4 rings (SSSR count). The largest absolute Gasteiger partial charge is 0.493 e. The van der Waals surface area contributed by atoms with Gasteiger partial charge in [0.25, 0.3) is 0 Å². The molecule has 3 aromatic rings. The number of morpholine rings is 1. The number of hydrogen-bond donors (Lipinski definition) is 3. The SMILES string of the molecule is C[C@@H]1COCCN1c1cc(OCCCCNC(=O)O)c2ccnc(-c3ccn[nH]3)c2n1. The number of nitrogens with one attached hydrogen (secondary N) is 2. The fourth-order valence-electron chi connectivity index (χ4n) is 3.63. The Morgan fingerprint density at radius 1 is 1.39 bits per heavy atom. The molecular formula is C21H26N6O4. The van der Waals surface area contributed by atoms with E-state index in [-0.39, 0.29) is 6.04 Å². The van der Waals surface area contributed by atoms with Gasteiger partial charge >= 0.3 is 6.09 Å². The average Bonchev–Trinajstić information content (AvgIpc) is 3.30. The number of rotatable bonds is 8. The van der Waals surface area contributed by atoms with Gasteiger partial charge in [-0.25, -0.2) is 9.78 Å². The number of aromatic nitrogens is 4. The van der Waals surface area contributed by atoms with Gasteiger partial charge in [-0.1, -0.05) is 0 Å². The Balaban J connectivity index is 1.64. The number of fused-ring (bicyclic) bond motifs is 1. The number of nitrogens with zero attached hydrogens (tertiary/aromatic N) is 4. The van der Waals surface area contributed by atoms with Gasteiger partial charge in [0.1, 0.15) is 22.8 Å². The summed E-state index contributed by atoms with van der Waals surface area (Å²) in [4.78, 5) is 22.3. The van der Waals surface area contributed by atoms with Crippen LogP contribution in [0.5, 0.6) is 5.75 Å². The molecule has 0 bridgehead atoms. The second-order valence-electron chi connectivity index (χ2n) is 7.41. The highest BCUT2D eigenvalue weighted by Gasteiger charge is 2.23. The Morgan fingerprint density at radius 2 is 2.29 bits per heavy atom. The first-order valence-electron chi connectivity index (χ1n) is 10.4. The first-order valence-corrected chi connectivity index (χ1v) is 10.4. The van der Waals surface area contributed by atoms with E-state index in [0.29, 0.717) is 38.5 Å². The van der Waals surface area contributed by atoms with Crippen LogP contribution < -0.4 is 15.0 Å². The topological polar surface area (TPSA) is 125 Å². The molecule has 0 aromatic carbocycles. The summed E-state index contributed by atoms with van der Waals surface area (Å²) in [5.41, 5.74) is 2.25. The molecule has 1 amide bonds. The van der Waals surface area contributed by atoms with Crippen LogP contribution in [0.15, 0.2) is 30.6 Å². The lowest BCUT2D eigenvalue weighted by Gasteiger charge is -2.34. The molecule has 3 N–H and O–H groups in total. The van der Waals surface area contributed by atoms with Crippen LogP contribution in [0.4, 0.5) is 10.6 Å². The molecule has 1 fully saturated rings. The van der Waals surface area contributed by atoms with Crippen molar-refractivity contribution in [3.63, 3.8) is 0 Å². The number of carboxylic acid groups (broad SMARTS) is 1. The lowest BCUT2D eigenvalue weighted by Crippen LogP contribution is -2.44. The first-order chi connectivity index (χ1) is 15.1. The van der Waals surface area contributed by atoms with Crippen molar-refractivity contribution in [3.05, 3.63) is 30.6 Å². The highest BCUT2D eigenvalue weighted by atomic mass is 16.5. The molecule has 1 atom stereocenters. The van der Waals surface area contributed by atoms with E-state index in [0.717, 1.165) is 41.1 Å². The van der Waals surface area contributed by atoms with Crippen molar-refractivity contribution in [2.24, 2.45) is 0 Å². The summed E-state index contributed by atoms with van der Waals surface area (Å²) in [6, 6.07) is 5.93. The molecule has 4 heterocycles. The molecule has 164 valence electrons. The summed E-state index contributed by atoms with van der Waals surface area (Å²) in [5.74, 6) is 1.55. The van der Waals surface area contributed by atoms with Crippen molar-refractivity contribution in [2.75, 3.05) is 37.8 Å². The number of hydrogen-bond acceptors (Lipinski definition) is 7. The summed E-state index contributed by atoms with van der Waals surface area (Å²) >= 11 is 0. The Labute approximate surface area is 179 Å². The van der Waals surface area contributed by atoms with Crippen molar-refractivity contribution >= 4 is 22.8 Å². The number of ether oxygens (including phenoxy) is 2. The summed E-state index contributed by atoms with van der Waals surface area (Å²) in [6.45, 7) is 5.03. The zero-order valence-electron chi connectivity index (χ0n) is 17.4. The van der Waals surface area contributed by atoms with E-state index in [1.165, 1.54) is 0 Å². The average molecular weight is 426 g/mol. The van der Waals surface area contributed by atoms with Crippen LogP contribution in [-0.4, -0.2) is 70.3 Å². The zero-order valence-corrected chi connectivity index (χ0v) is 17.4. The molecule has 10 heteroatoms. The van der Waals surface area contributed by atoms with E-state index in [2.05, 4.69) is 32.3 Å². The maximum atomic E-state index is 10.6. The van der Waals surface area contributed by atoms with Crippen molar-refractivity contribution in [1.29, 1.82) is 0 Å². The van der Waals surface area contributed by atoms with Gasteiger partial charge in [0, 0.05) is 36.9 Å². The highest BCUT2D eigenvalue weighted by molar-refractivity contribution is 5.95. The van der Waals surface area contributed by atoms with Crippen molar-refractivity contribution in [1.82, 2.24) is 25.5 Å². The van der Waals surface area contributed by atoms with Gasteiger partial charge in [-0.05, 0) is 31.9 Å². The number of pyridine rings is 2. The van der Waals surface area contributed by atoms with Crippen LogP contribution in [0.25, 0.3) is 22.3 Å². The second-order valence-corrected chi connectivity index (χ2v) is 7.41. The van der Waals surface area contributed by atoms with Crippen LogP contribution in [0, 0.1) is 0 Å². The Morgan fingerprint density at radius 3 is 3.06 bits per heavy atom. The fourth-order valence-corrected chi connectivity index (χ4v) is 3.63. The predicted molar refractivity (Wildman–Crippen MR) is 116 cm³/mol. The summed E-state index contributed by atoms with van der Waals surface area (Å²) in [6.07, 6.45) is 3.84.